The van der Waals surface area contributed by atoms with E-state index in [9.17, 15) is 5.11 Å². The van der Waals surface area contributed by atoms with Crippen molar-refractivity contribution in [3.8, 4) is 11.8 Å². The summed E-state index contributed by atoms with van der Waals surface area (Å²) in [5.74, 6) is 6.21. The third kappa shape index (κ3) is 4.84. The minimum absolute atomic E-state index is 0.415. The fourth-order valence-corrected chi connectivity index (χ4v) is 3.01. The van der Waals surface area contributed by atoms with Crippen LogP contribution in [0.15, 0.2) is 24.5 Å². The Kier molecular flexibility index (Phi) is 5.78. The molecule has 1 saturated heterocycles. The van der Waals surface area contributed by atoms with Gasteiger partial charge in [-0.2, -0.15) is 0 Å². The molecule has 2 heterocycles. The van der Waals surface area contributed by atoms with E-state index in [1.807, 2.05) is 18.5 Å². The maximum absolute atomic E-state index is 10.1. The van der Waals surface area contributed by atoms with E-state index in [0.29, 0.717) is 6.04 Å². The van der Waals surface area contributed by atoms with Crippen molar-refractivity contribution in [1.82, 2.24) is 9.88 Å². The smallest absolute Gasteiger partial charge is 0.122 e. The number of piperidine rings is 1. The van der Waals surface area contributed by atoms with Gasteiger partial charge in [-0.1, -0.05) is 37.7 Å². The molecule has 1 N–H and O–H groups in total. The van der Waals surface area contributed by atoms with Gasteiger partial charge >= 0.3 is 0 Å². The second-order valence-electron chi connectivity index (χ2n) is 6.09. The molecule has 21 heavy (non-hydrogen) atoms. The molecule has 0 unspecified atom stereocenters. The Hall–Kier alpha value is -1.37. The minimum Gasteiger partial charge on any atom is -0.378 e. The Bertz CT molecular complexity index is 487. The summed E-state index contributed by atoms with van der Waals surface area (Å²) in [6, 6.07) is 4.56. The Balaban J connectivity index is 2.02. The monoisotopic (exact) mass is 286 g/mol. The lowest BCUT2D eigenvalue weighted by molar-refractivity contribution is 0.111. The number of pyridine rings is 1. The summed E-state index contributed by atoms with van der Waals surface area (Å²) in [6.07, 6.45) is 9.11. The van der Waals surface area contributed by atoms with Crippen LogP contribution in [0.3, 0.4) is 0 Å². The van der Waals surface area contributed by atoms with Crippen LogP contribution in [0.5, 0.6) is 0 Å². The van der Waals surface area contributed by atoms with E-state index in [2.05, 4.69) is 34.7 Å². The van der Waals surface area contributed by atoms with Crippen molar-refractivity contribution in [2.75, 3.05) is 13.1 Å². The van der Waals surface area contributed by atoms with Crippen molar-refractivity contribution in [1.29, 1.82) is 0 Å². The van der Waals surface area contributed by atoms with Gasteiger partial charge in [-0.3, -0.25) is 9.88 Å². The van der Waals surface area contributed by atoms with Crippen LogP contribution >= 0.6 is 0 Å². The fourth-order valence-electron chi connectivity index (χ4n) is 3.01. The van der Waals surface area contributed by atoms with Crippen LogP contribution in [0.4, 0.5) is 0 Å². The zero-order chi connectivity index (χ0) is 15.1. The average Bonchev–Trinajstić information content (AvgIpc) is 2.48. The van der Waals surface area contributed by atoms with Gasteiger partial charge in [0.1, 0.15) is 5.60 Å². The molecule has 0 bridgehead atoms. The molecule has 0 aliphatic carbocycles. The molecule has 0 amide bonds. The Labute approximate surface area is 128 Å². The van der Waals surface area contributed by atoms with Gasteiger partial charge in [0.15, 0.2) is 0 Å². The third-order valence-corrected chi connectivity index (χ3v) is 4.06. The summed E-state index contributed by atoms with van der Waals surface area (Å²) < 4.78 is 0. The molecule has 0 radical (unpaired) electrons. The average molecular weight is 286 g/mol. The highest BCUT2D eigenvalue weighted by molar-refractivity contribution is 5.17. The first-order valence-corrected chi connectivity index (χ1v) is 7.99. The topological polar surface area (TPSA) is 36.4 Å². The van der Waals surface area contributed by atoms with Crippen LogP contribution in [0.25, 0.3) is 0 Å². The molecule has 0 aromatic carbocycles. The van der Waals surface area contributed by atoms with Gasteiger partial charge in [-0.15, -0.1) is 0 Å². The molecule has 2 rings (SSSR count). The van der Waals surface area contributed by atoms with E-state index in [4.69, 9.17) is 0 Å². The van der Waals surface area contributed by atoms with E-state index >= 15 is 0 Å². The molecular formula is C18H26N2O. The fraction of sp³-hybridized carbons (Fsp3) is 0.611. The lowest BCUT2D eigenvalue weighted by Gasteiger charge is -2.34. The normalized spacial score (nSPS) is 22.1. The summed E-state index contributed by atoms with van der Waals surface area (Å²) in [5, 5.41) is 10.1. The highest BCUT2D eigenvalue weighted by atomic mass is 16.3. The molecule has 1 aliphatic rings. The van der Waals surface area contributed by atoms with Crippen LogP contribution in [-0.4, -0.2) is 33.7 Å². The third-order valence-electron chi connectivity index (χ3n) is 4.06. The van der Waals surface area contributed by atoms with Crippen LogP contribution < -0.4 is 0 Å². The van der Waals surface area contributed by atoms with Crippen LogP contribution in [-0.2, 0) is 0 Å². The molecule has 3 heteroatoms. The molecule has 3 nitrogen and oxygen atoms in total. The van der Waals surface area contributed by atoms with Crippen LogP contribution in [0.1, 0.15) is 57.6 Å². The number of aliphatic hydroxyl groups is 1. The maximum atomic E-state index is 10.1. The van der Waals surface area contributed by atoms with Gasteiger partial charge in [0.05, 0.1) is 6.54 Å². The van der Waals surface area contributed by atoms with E-state index in [0.717, 1.165) is 25.9 Å². The summed E-state index contributed by atoms with van der Waals surface area (Å²) >= 11 is 0. The zero-order valence-electron chi connectivity index (χ0n) is 13.2. The number of aromatic nitrogens is 1. The highest BCUT2D eigenvalue weighted by Gasteiger charge is 2.23. The van der Waals surface area contributed by atoms with E-state index < -0.39 is 5.60 Å². The van der Waals surface area contributed by atoms with Gasteiger partial charge in [0.25, 0.3) is 0 Å². The Morgan fingerprint density at radius 2 is 2.33 bits per heavy atom. The predicted molar refractivity (Wildman–Crippen MR) is 85.7 cm³/mol. The quantitative estimate of drug-likeness (QED) is 0.864. The second-order valence-corrected chi connectivity index (χ2v) is 6.09. The molecule has 114 valence electrons. The van der Waals surface area contributed by atoms with Crippen molar-refractivity contribution in [2.45, 2.75) is 57.6 Å². The first-order valence-electron chi connectivity index (χ1n) is 7.99. The maximum Gasteiger partial charge on any atom is 0.122 e. The summed E-state index contributed by atoms with van der Waals surface area (Å²) in [7, 11) is 0. The molecule has 1 fully saturated rings. The summed E-state index contributed by atoms with van der Waals surface area (Å²) in [6.45, 7) is 5.67. The van der Waals surface area contributed by atoms with E-state index in [1.165, 1.54) is 24.8 Å². The number of likely N-dealkylation sites (tertiary alicyclic amines) is 1. The number of hydrogen-bond donors (Lipinski definition) is 1. The van der Waals surface area contributed by atoms with Crippen molar-refractivity contribution in [2.24, 2.45) is 0 Å². The van der Waals surface area contributed by atoms with E-state index in [1.54, 1.807) is 6.92 Å². The SMILES string of the molecule is CCC[C@@](C)(O)C#CCN1CCCC[C@@H]1c1cccnc1. The number of hydrogen-bond acceptors (Lipinski definition) is 3. The van der Waals surface area contributed by atoms with Crippen LogP contribution in [0.2, 0.25) is 0 Å². The lowest BCUT2D eigenvalue weighted by Crippen LogP contribution is -2.34. The Morgan fingerprint density at radius 3 is 3.05 bits per heavy atom. The Morgan fingerprint density at radius 1 is 1.48 bits per heavy atom. The molecule has 1 aliphatic heterocycles. The summed E-state index contributed by atoms with van der Waals surface area (Å²) in [5.41, 5.74) is 0.424. The van der Waals surface area contributed by atoms with Gasteiger partial charge in [-0.05, 0) is 44.4 Å². The van der Waals surface area contributed by atoms with E-state index in [-0.39, 0.29) is 0 Å². The van der Waals surface area contributed by atoms with Crippen molar-refractivity contribution in [3.63, 3.8) is 0 Å². The second kappa shape index (κ2) is 7.59. The number of nitrogens with zero attached hydrogens (tertiary/aromatic N) is 2. The van der Waals surface area contributed by atoms with Gasteiger partial charge in [-0.25, -0.2) is 0 Å². The van der Waals surface area contributed by atoms with Gasteiger partial charge < -0.3 is 5.11 Å². The van der Waals surface area contributed by atoms with Crippen molar-refractivity contribution >= 4 is 0 Å². The van der Waals surface area contributed by atoms with Gasteiger partial charge in [0.2, 0.25) is 0 Å². The standard InChI is InChI=1S/C18H26N2O/c1-3-10-18(2,21)11-7-14-20-13-5-4-9-17(20)16-8-6-12-19-15-16/h6,8,12,15,17,21H,3-5,9-10,13-14H2,1-2H3/t17-,18-/m1/s1. The molecule has 2 atom stereocenters. The zero-order valence-corrected chi connectivity index (χ0v) is 13.2. The summed E-state index contributed by atoms with van der Waals surface area (Å²) in [4.78, 5) is 6.65. The molecular weight excluding hydrogens is 260 g/mol. The van der Waals surface area contributed by atoms with Crippen molar-refractivity contribution < 1.29 is 5.11 Å². The van der Waals surface area contributed by atoms with Crippen molar-refractivity contribution in [3.05, 3.63) is 30.1 Å². The minimum atomic E-state index is -0.853. The van der Waals surface area contributed by atoms with Gasteiger partial charge in [0, 0.05) is 18.4 Å². The van der Waals surface area contributed by atoms with Crippen LogP contribution in [0, 0.1) is 11.8 Å². The lowest BCUT2D eigenvalue weighted by atomic mass is 9.96. The predicted octanol–water partition coefficient (Wildman–Crippen LogP) is 3.16. The molecule has 1 aromatic rings. The molecule has 0 saturated carbocycles. The molecule has 0 spiro atoms. The highest BCUT2D eigenvalue weighted by Crippen LogP contribution is 2.29. The largest absolute Gasteiger partial charge is 0.378 e. The number of rotatable bonds is 4. The first kappa shape index (κ1) is 16.0. The first-order chi connectivity index (χ1) is 10.1. The molecule has 1 aromatic heterocycles.